The van der Waals surface area contributed by atoms with E-state index in [1.54, 1.807) is 0 Å². The van der Waals surface area contributed by atoms with Gasteiger partial charge >= 0.3 is 0 Å². The Bertz CT molecular complexity index is 436. The molecule has 1 aliphatic heterocycles. The zero-order chi connectivity index (χ0) is 9.60. The molecule has 2 nitrogen and oxygen atoms in total. The third-order valence-corrected chi connectivity index (χ3v) is 3.38. The van der Waals surface area contributed by atoms with E-state index in [0.29, 0.717) is 12.3 Å². The summed E-state index contributed by atoms with van der Waals surface area (Å²) in [5, 5.41) is 0. The summed E-state index contributed by atoms with van der Waals surface area (Å²) in [7, 11) is 0. The molecular formula is C12H11NO. The summed E-state index contributed by atoms with van der Waals surface area (Å²) in [4.78, 5) is 16.0. The second-order valence-corrected chi connectivity index (χ2v) is 4.06. The van der Waals surface area contributed by atoms with Crippen molar-refractivity contribution in [2.45, 2.75) is 18.3 Å². The van der Waals surface area contributed by atoms with Gasteiger partial charge in [0.25, 0.3) is 0 Å². The van der Waals surface area contributed by atoms with Crippen LogP contribution in [0.2, 0.25) is 0 Å². The number of rotatable bonds is 0. The van der Waals surface area contributed by atoms with Gasteiger partial charge in [-0.1, -0.05) is 24.3 Å². The quantitative estimate of drug-likeness (QED) is 0.605. The minimum Gasteiger partial charge on any atom is -0.299 e. The van der Waals surface area contributed by atoms with Gasteiger partial charge in [-0.3, -0.25) is 9.79 Å². The highest BCUT2D eigenvalue weighted by Gasteiger charge is 2.48. The lowest BCUT2D eigenvalue weighted by atomic mass is 9.61. The van der Waals surface area contributed by atoms with Crippen LogP contribution in [0.4, 0.5) is 0 Å². The summed E-state index contributed by atoms with van der Waals surface area (Å²) in [5.74, 6) is 0.363. The molecule has 0 saturated heterocycles. The van der Waals surface area contributed by atoms with Crippen LogP contribution in [0, 0.1) is 0 Å². The van der Waals surface area contributed by atoms with Crippen LogP contribution in [0.3, 0.4) is 0 Å². The average Bonchev–Trinajstić information content (AvgIpc) is 2.26. The monoisotopic (exact) mass is 185 g/mol. The fourth-order valence-electron chi connectivity index (χ4n) is 2.41. The largest absolute Gasteiger partial charge is 0.299 e. The molecule has 2 aliphatic rings. The summed E-state index contributed by atoms with van der Waals surface area (Å²) in [6.45, 7) is 0.656. The first-order valence-electron chi connectivity index (χ1n) is 4.96. The van der Waals surface area contributed by atoms with Gasteiger partial charge in [-0.25, -0.2) is 0 Å². The van der Waals surface area contributed by atoms with Crippen molar-refractivity contribution in [1.29, 1.82) is 0 Å². The molecule has 70 valence electrons. The van der Waals surface area contributed by atoms with Gasteiger partial charge in [0.15, 0.2) is 0 Å². The van der Waals surface area contributed by atoms with Gasteiger partial charge in [-0.15, -0.1) is 0 Å². The average molecular weight is 185 g/mol. The Balaban J connectivity index is 2.20. The number of fused-ring (bicyclic) bond motifs is 2. The van der Waals surface area contributed by atoms with Gasteiger partial charge in [0, 0.05) is 12.6 Å². The van der Waals surface area contributed by atoms with E-state index in [9.17, 15) is 4.79 Å². The molecule has 1 atom stereocenters. The number of carbonyl (C=O) groups is 1. The van der Waals surface area contributed by atoms with Crippen LogP contribution in [0.5, 0.6) is 0 Å². The van der Waals surface area contributed by atoms with Crippen LogP contribution >= 0.6 is 0 Å². The smallest absolute Gasteiger partial charge is 0.145 e. The predicted molar refractivity (Wildman–Crippen MR) is 54.8 cm³/mol. The van der Waals surface area contributed by atoms with Crippen LogP contribution in [0.15, 0.2) is 29.3 Å². The molecule has 14 heavy (non-hydrogen) atoms. The Morgan fingerprint density at radius 1 is 1.29 bits per heavy atom. The van der Waals surface area contributed by atoms with Gasteiger partial charge in [0.1, 0.15) is 5.78 Å². The molecule has 1 aliphatic carbocycles. The number of carbonyl (C=O) groups excluding carboxylic acids is 1. The highest BCUT2D eigenvalue weighted by Crippen LogP contribution is 2.43. The van der Waals surface area contributed by atoms with Gasteiger partial charge < -0.3 is 0 Å². The van der Waals surface area contributed by atoms with E-state index in [1.165, 1.54) is 5.56 Å². The molecule has 1 fully saturated rings. The summed E-state index contributed by atoms with van der Waals surface area (Å²) in [5.41, 5.74) is 2.06. The third-order valence-electron chi connectivity index (χ3n) is 3.38. The van der Waals surface area contributed by atoms with Crippen LogP contribution in [-0.2, 0) is 10.2 Å². The lowest BCUT2D eigenvalue weighted by Crippen LogP contribution is -2.49. The van der Waals surface area contributed by atoms with E-state index in [0.717, 1.165) is 18.4 Å². The first kappa shape index (κ1) is 7.92. The van der Waals surface area contributed by atoms with Crippen molar-refractivity contribution in [3.05, 3.63) is 35.4 Å². The first-order chi connectivity index (χ1) is 6.83. The van der Waals surface area contributed by atoms with Gasteiger partial charge in [0.2, 0.25) is 0 Å². The van der Waals surface area contributed by atoms with Crippen LogP contribution < -0.4 is 0 Å². The molecule has 1 aromatic carbocycles. The van der Waals surface area contributed by atoms with Crippen LogP contribution in [-0.4, -0.2) is 18.5 Å². The Morgan fingerprint density at radius 2 is 2.14 bits per heavy atom. The molecule has 0 N–H and O–H groups in total. The second-order valence-electron chi connectivity index (χ2n) is 4.06. The predicted octanol–water partition coefficient (Wildman–Crippen LogP) is 1.72. The molecule has 1 spiro atoms. The van der Waals surface area contributed by atoms with Gasteiger partial charge in [0.05, 0.1) is 12.0 Å². The van der Waals surface area contributed by atoms with Crippen molar-refractivity contribution in [3.63, 3.8) is 0 Å². The molecular weight excluding hydrogens is 174 g/mol. The van der Waals surface area contributed by atoms with E-state index in [2.05, 4.69) is 11.1 Å². The maximum absolute atomic E-state index is 11.7. The standard InChI is InChI=1S/C12H11NO/c14-11-5-6-12(11)8-13-7-9-3-1-2-4-10(9)12/h1-4,7H,5-6,8H2. The third kappa shape index (κ3) is 0.808. The summed E-state index contributed by atoms with van der Waals surface area (Å²) >= 11 is 0. The van der Waals surface area contributed by atoms with E-state index in [-0.39, 0.29) is 5.41 Å². The number of Topliss-reactive ketones (excluding diaryl/α,β-unsaturated/α-hetero) is 1. The zero-order valence-corrected chi connectivity index (χ0v) is 7.86. The number of nitrogens with zero attached hydrogens (tertiary/aromatic N) is 1. The van der Waals surface area contributed by atoms with E-state index in [4.69, 9.17) is 0 Å². The van der Waals surface area contributed by atoms with Crippen molar-refractivity contribution in [2.75, 3.05) is 6.54 Å². The first-order valence-corrected chi connectivity index (χ1v) is 4.96. The SMILES string of the molecule is O=C1CCC12CN=Cc1ccccc12. The molecule has 1 aromatic rings. The van der Waals surface area contributed by atoms with E-state index < -0.39 is 0 Å². The minimum atomic E-state index is -0.245. The zero-order valence-electron chi connectivity index (χ0n) is 7.86. The van der Waals surface area contributed by atoms with E-state index in [1.807, 2.05) is 24.4 Å². The summed E-state index contributed by atoms with van der Waals surface area (Å²) in [6.07, 6.45) is 3.58. The van der Waals surface area contributed by atoms with Crippen molar-refractivity contribution in [3.8, 4) is 0 Å². The normalized spacial score (nSPS) is 28.7. The number of hydrogen-bond acceptors (Lipinski definition) is 2. The van der Waals surface area contributed by atoms with E-state index >= 15 is 0 Å². The van der Waals surface area contributed by atoms with Crippen LogP contribution in [0.25, 0.3) is 0 Å². The van der Waals surface area contributed by atoms with Crippen molar-refractivity contribution >= 4 is 12.0 Å². The highest BCUT2D eigenvalue weighted by atomic mass is 16.1. The Kier molecular flexibility index (Phi) is 1.43. The molecule has 0 amide bonds. The molecule has 0 bridgehead atoms. The highest BCUT2D eigenvalue weighted by molar-refractivity contribution is 6.00. The Morgan fingerprint density at radius 3 is 2.86 bits per heavy atom. The van der Waals surface area contributed by atoms with Crippen LogP contribution in [0.1, 0.15) is 24.0 Å². The number of benzene rings is 1. The van der Waals surface area contributed by atoms with Crippen molar-refractivity contribution in [2.24, 2.45) is 4.99 Å². The molecule has 3 rings (SSSR count). The topological polar surface area (TPSA) is 29.4 Å². The van der Waals surface area contributed by atoms with Crippen molar-refractivity contribution < 1.29 is 4.79 Å². The molecule has 1 heterocycles. The fraction of sp³-hybridized carbons (Fsp3) is 0.333. The Hall–Kier alpha value is -1.44. The summed E-state index contributed by atoms with van der Waals surface area (Å²) in [6, 6.07) is 8.10. The van der Waals surface area contributed by atoms with Crippen molar-refractivity contribution in [1.82, 2.24) is 0 Å². The Labute approximate surface area is 82.7 Å². The van der Waals surface area contributed by atoms with Gasteiger partial charge in [-0.2, -0.15) is 0 Å². The molecule has 2 heteroatoms. The molecule has 0 aromatic heterocycles. The second kappa shape index (κ2) is 2.53. The number of ketones is 1. The molecule has 0 radical (unpaired) electrons. The lowest BCUT2D eigenvalue weighted by Gasteiger charge is -2.41. The van der Waals surface area contributed by atoms with Gasteiger partial charge in [-0.05, 0) is 17.5 Å². The fourth-order valence-corrected chi connectivity index (χ4v) is 2.41. The maximum atomic E-state index is 11.7. The minimum absolute atomic E-state index is 0.245. The summed E-state index contributed by atoms with van der Waals surface area (Å²) < 4.78 is 0. The lowest BCUT2D eigenvalue weighted by molar-refractivity contribution is -0.131. The number of aliphatic imine (C=N–C) groups is 1. The maximum Gasteiger partial charge on any atom is 0.145 e. The molecule has 1 saturated carbocycles. The molecule has 1 unspecified atom stereocenters. The number of hydrogen-bond donors (Lipinski definition) is 0.